The summed E-state index contributed by atoms with van der Waals surface area (Å²) in [5.41, 5.74) is 2.51. The smallest absolute Gasteiger partial charge is 0.275 e. The van der Waals surface area contributed by atoms with E-state index in [2.05, 4.69) is 15.3 Å². The highest BCUT2D eigenvalue weighted by Gasteiger charge is 2.33. The predicted molar refractivity (Wildman–Crippen MR) is 139 cm³/mol. The zero-order valence-corrected chi connectivity index (χ0v) is 20.7. The third-order valence-corrected chi connectivity index (χ3v) is 5.83. The number of carbonyl (C=O) groups excluding carboxylic acids is 2. The summed E-state index contributed by atoms with van der Waals surface area (Å²) in [4.78, 5) is 37.3. The van der Waals surface area contributed by atoms with Crippen LogP contribution in [0.3, 0.4) is 0 Å². The molecule has 4 rings (SSSR count). The molecule has 37 heavy (non-hydrogen) atoms. The minimum absolute atomic E-state index is 0.139. The molecule has 2 amide bonds. The van der Waals surface area contributed by atoms with Crippen LogP contribution in [-0.2, 0) is 17.9 Å². The van der Waals surface area contributed by atoms with Crippen LogP contribution in [0.1, 0.15) is 33.2 Å². The first-order valence-electron chi connectivity index (χ1n) is 11.7. The largest absolute Gasteiger partial charge is 0.497 e. The number of amides is 2. The highest BCUT2D eigenvalue weighted by Crippen LogP contribution is 2.28. The molecule has 0 radical (unpaired) electrons. The molecule has 1 heterocycles. The van der Waals surface area contributed by atoms with Crippen LogP contribution < -0.4 is 14.8 Å². The maximum atomic E-state index is 13.8. The average Bonchev–Trinajstić information content (AvgIpc) is 2.96. The monoisotopic (exact) mass is 496 g/mol. The zero-order valence-electron chi connectivity index (χ0n) is 20.7. The Balaban J connectivity index is 1.74. The van der Waals surface area contributed by atoms with Crippen molar-refractivity contribution in [2.45, 2.75) is 19.1 Å². The van der Waals surface area contributed by atoms with Crippen LogP contribution in [0, 0.1) is 0 Å². The van der Waals surface area contributed by atoms with E-state index in [-0.39, 0.29) is 18.1 Å². The van der Waals surface area contributed by atoms with Crippen molar-refractivity contribution in [2.24, 2.45) is 0 Å². The molecule has 8 heteroatoms. The molecule has 0 spiro atoms. The lowest BCUT2D eigenvalue weighted by Crippen LogP contribution is -2.43. The molecule has 4 aromatic rings. The molecule has 0 fully saturated rings. The number of rotatable bonds is 10. The average molecular weight is 497 g/mol. The van der Waals surface area contributed by atoms with E-state index in [0.717, 1.165) is 11.1 Å². The van der Waals surface area contributed by atoms with Gasteiger partial charge >= 0.3 is 0 Å². The number of hydrogen-bond acceptors (Lipinski definition) is 6. The van der Waals surface area contributed by atoms with E-state index >= 15 is 0 Å². The Morgan fingerprint density at radius 2 is 1.59 bits per heavy atom. The molecule has 0 aliphatic carbocycles. The van der Waals surface area contributed by atoms with Gasteiger partial charge in [0.05, 0.1) is 20.4 Å². The zero-order chi connectivity index (χ0) is 26.0. The number of carbonyl (C=O) groups is 2. The van der Waals surface area contributed by atoms with Gasteiger partial charge in [0, 0.05) is 25.5 Å². The minimum Gasteiger partial charge on any atom is -0.497 e. The molecule has 0 aliphatic rings. The lowest BCUT2D eigenvalue weighted by molar-refractivity contribution is -0.126. The van der Waals surface area contributed by atoms with Gasteiger partial charge in [-0.3, -0.25) is 14.6 Å². The van der Waals surface area contributed by atoms with Crippen LogP contribution >= 0.6 is 0 Å². The van der Waals surface area contributed by atoms with E-state index in [9.17, 15) is 9.59 Å². The standard InChI is InChI=1S/C29H28N4O4/c1-36-24-13-11-23(12-14-24)27(28(34)32-18-21-7-4-3-5-8-21)33(29(35)26-19-30-15-16-31-26)20-22-9-6-10-25(17-22)37-2/h3-17,19,27H,18,20H2,1-2H3,(H,32,34)/t27-/m0/s1. The van der Waals surface area contributed by atoms with Gasteiger partial charge < -0.3 is 19.7 Å². The van der Waals surface area contributed by atoms with Gasteiger partial charge in [-0.15, -0.1) is 0 Å². The summed E-state index contributed by atoms with van der Waals surface area (Å²) >= 11 is 0. The normalized spacial score (nSPS) is 11.3. The van der Waals surface area contributed by atoms with Crippen LogP contribution in [0.2, 0.25) is 0 Å². The first-order chi connectivity index (χ1) is 18.1. The van der Waals surface area contributed by atoms with Gasteiger partial charge in [-0.05, 0) is 41.0 Å². The predicted octanol–water partition coefficient (Wildman–Crippen LogP) is 4.19. The molecule has 0 bridgehead atoms. The van der Waals surface area contributed by atoms with Gasteiger partial charge in [0.2, 0.25) is 5.91 Å². The number of ether oxygens (including phenoxy) is 2. The number of hydrogen-bond donors (Lipinski definition) is 1. The summed E-state index contributed by atoms with van der Waals surface area (Å²) < 4.78 is 10.7. The Hall–Kier alpha value is -4.72. The topological polar surface area (TPSA) is 93.7 Å². The number of aromatic nitrogens is 2. The Morgan fingerprint density at radius 3 is 2.27 bits per heavy atom. The van der Waals surface area contributed by atoms with Gasteiger partial charge in [-0.1, -0.05) is 54.6 Å². The third-order valence-electron chi connectivity index (χ3n) is 5.83. The first-order valence-corrected chi connectivity index (χ1v) is 11.7. The molecule has 3 aromatic carbocycles. The van der Waals surface area contributed by atoms with Crippen molar-refractivity contribution < 1.29 is 19.1 Å². The van der Waals surface area contributed by atoms with Gasteiger partial charge in [0.25, 0.3) is 5.91 Å². The first kappa shape index (κ1) is 25.4. The van der Waals surface area contributed by atoms with E-state index in [1.807, 2.05) is 54.6 Å². The highest BCUT2D eigenvalue weighted by molar-refractivity contribution is 5.96. The van der Waals surface area contributed by atoms with Crippen molar-refractivity contribution >= 4 is 11.8 Å². The lowest BCUT2D eigenvalue weighted by atomic mass is 10.0. The molecule has 1 atom stereocenters. The van der Waals surface area contributed by atoms with Crippen molar-refractivity contribution in [3.63, 3.8) is 0 Å². The molecule has 0 saturated heterocycles. The van der Waals surface area contributed by atoms with Crippen molar-refractivity contribution in [2.75, 3.05) is 14.2 Å². The van der Waals surface area contributed by atoms with Crippen molar-refractivity contribution in [1.82, 2.24) is 20.2 Å². The van der Waals surface area contributed by atoms with Gasteiger partial charge in [-0.2, -0.15) is 0 Å². The Bertz CT molecular complexity index is 1310. The number of benzene rings is 3. The quantitative estimate of drug-likeness (QED) is 0.354. The number of methoxy groups -OCH3 is 2. The van der Waals surface area contributed by atoms with E-state index in [1.165, 1.54) is 23.5 Å². The summed E-state index contributed by atoms with van der Waals surface area (Å²) in [6, 6.07) is 23.2. The second kappa shape index (κ2) is 12.3. The molecular weight excluding hydrogens is 468 g/mol. The number of nitrogens with zero attached hydrogens (tertiary/aromatic N) is 3. The lowest BCUT2D eigenvalue weighted by Gasteiger charge is -2.31. The molecule has 0 aliphatic heterocycles. The van der Waals surface area contributed by atoms with Crippen molar-refractivity contribution in [3.05, 3.63) is 120 Å². The van der Waals surface area contributed by atoms with E-state index in [0.29, 0.717) is 23.6 Å². The van der Waals surface area contributed by atoms with Crippen LogP contribution in [0.4, 0.5) is 0 Å². The fourth-order valence-corrected chi connectivity index (χ4v) is 3.95. The molecule has 188 valence electrons. The molecule has 0 unspecified atom stereocenters. The van der Waals surface area contributed by atoms with Crippen LogP contribution in [0.15, 0.2) is 97.5 Å². The minimum atomic E-state index is -0.949. The van der Waals surface area contributed by atoms with Gasteiger partial charge in [0.1, 0.15) is 23.2 Å². The molecule has 0 saturated carbocycles. The molecule has 8 nitrogen and oxygen atoms in total. The summed E-state index contributed by atoms with van der Waals surface area (Å²) in [5.74, 6) is 0.548. The Labute approximate surface area is 215 Å². The third kappa shape index (κ3) is 6.49. The fourth-order valence-electron chi connectivity index (χ4n) is 3.95. The van der Waals surface area contributed by atoms with Crippen LogP contribution in [-0.4, -0.2) is 40.9 Å². The van der Waals surface area contributed by atoms with E-state index in [1.54, 1.807) is 38.5 Å². The van der Waals surface area contributed by atoms with E-state index < -0.39 is 11.9 Å². The summed E-state index contributed by atoms with van der Waals surface area (Å²) in [6.07, 6.45) is 4.35. The Morgan fingerprint density at radius 1 is 0.865 bits per heavy atom. The SMILES string of the molecule is COc1ccc([C@@H](C(=O)NCc2ccccc2)N(Cc2cccc(OC)c2)C(=O)c2cnccn2)cc1. The van der Waals surface area contributed by atoms with Crippen LogP contribution in [0.25, 0.3) is 0 Å². The summed E-state index contributed by atoms with van der Waals surface area (Å²) in [7, 11) is 3.16. The summed E-state index contributed by atoms with van der Waals surface area (Å²) in [5, 5.41) is 3.00. The summed E-state index contributed by atoms with van der Waals surface area (Å²) in [6.45, 7) is 0.459. The maximum Gasteiger partial charge on any atom is 0.275 e. The second-order valence-electron chi connectivity index (χ2n) is 8.25. The van der Waals surface area contributed by atoms with E-state index in [4.69, 9.17) is 9.47 Å². The molecular formula is C29H28N4O4. The second-order valence-corrected chi connectivity index (χ2v) is 8.25. The van der Waals surface area contributed by atoms with Gasteiger partial charge in [-0.25, -0.2) is 4.98 Å². The Kier molecular flexibility index (Phi) is 8.44. The highest BCUT2D eigenvalue weighted by atomic mass is 16.5. The fraction of sp³-hybridized carbons (Fsp3) is 0.172. The molecule has 1 aromatic heterocycles. The van der Waals surface area contributed by atoms with Crippen LogP contribution in [0.5, 0.6) is 11.5 Å². The van der Waals surface area contributed by atoms with Gasteiger partial charge in [0.15, 0.2) is 0 Å². The maximum absolute atomic E-state index is 13.8. The molecule has 1 N–H and O–H groups in total. The van der Waals surface area contributed by atoms with Crippen molar-refractivity contribution in [3.8, 4) is 11.5 Å². The number of nitrogens with one attached hydrogen (secondary N) is 1. The van der Waals surface area contributed by atoms with Crippen molar-refractivity contribution in [1.29, 1.82) is 0 Å².